The SMILES string of the molecule is CC(O)CCN(C)c1ccc(C(N)=S)c(F)c1. The molecule has 0 aliphatic heterocycles. The van der Waals surface area contributed by atoms with Crippen LogP contribution in [0, 0.1) is 5.82 Å². The van der Waals surface area contributed by atoms with Crippen molar-refractivity contribution in [3.05, 3.63) is 29.6 Å². The van der Waals surface area contributed by atoms with Crippen LogP contribution in [0.25, 0.3) is 0 Å². The van der Waals surface area contributed by atoms with Gasteiger partial charge in [0.25, 0.3) is 0 Å². The number of halogens is 1. The Morgan fingerprint density at radius 3 is 2.71 bits per heavy atom. The van der Waals surface area contributed by atoms with Crippen molar-refractivity contribution in [2.24, 2.45) is 5.73 Å². The summed E-state index contributed by atoms with van der Waals surface area (Å²) in [6.45, 7) is 2.38. The molecule has 0 amide bonds. The van der Waals surface area contributed by atoms with Crippen LogP contribution in [0.2, 0.25) is 0 Å². The maximum Gasteiger partial charge on any atom is 0.135 e. The number of hydrogen-bond donors (Lipinski definition) is 2. The Kier molecular flexibility index (Phi) is 4.84. The molecule has 1 atom stereocenters. The molecule has 0 radical (unpaired) electrons. The van der Waals surface area contributed by atoms with Crippen molar-refractivity contribution < 1.29 is 9.50 Å². The summed E-state index contributed by atoms with van der Waals surface area (Å²) in [6.07, 6.45) is 0.271. The van der Waals surface area contributed by atoms with E-state index >= 15 is 0 Å². The second-order valence-electron chi connectivity index (χ2n) is 4.09. The molecule has 1 aromatic carbocycles. The van der Waals surface area contributed by atoms with Crippen molar-refractivity contribution >= 4 is 22.9 Å². The number of nitrogens with two attached hydrogens (primary N) is 1. The quantitative estimate of drug-likeness (QED) is 0.787. The number of nitrogens with zero attached hydrogens (tertiary/aromatic N) is 1. The standard InChI is InChI=1S/C12H17FN2OS/c1-8(16)5-6-15(2)9-3-4-10(12(14)17)11(13)7-9/h3-4,7-8,16H,5-6H2,1-2H3,(H2,14,17). The topological polar surface area (TPSA) is 49.5 Å². The van der Waals surface area contributed by atoms with Gasteiger partial charge in [0.2, 0.25) is 0 Å². The number of hydrogen-bond acceptors (Lipinski definition) is 3. The molecule has 0 saturated carbocycles. The highest BCUT2D eigenvalue weighted by molar-refractivity contribution is 7.80. The Morgan fingerprint density at radius 2 is 2.24 bits per heavy atom. The van der Waals surface area contributed by atoms with Gasteiger partial charge >= 0.3 is 0 Å². The minimum atomic E-state index is -0.418. The zero-order chi connectivity index (χ0) is 13.0. The molecule has 0 aliphatic rings. The van der Waals surface area contributed by atoms with Crippen LogP contribution in [0.1, 0.15) is 18.9 Å². The smallest absolute Gasteiger partial charge is 0.135 e. The molecule has 17 heavy (non-hydrogen) atoms. The lowest BCUT2D eigenvalue weighted by molar-refractivity contribution is 0.187. The van der Waals surface area contributed by atoms with E-state index in [1.54, 1.807) is 19.1 Å². The van der Waals surface area contributed by atoms with Crippen molar-refractivity contribution in [3.63, 3.8) is 0 Å². The van der Waals surface area contributed by atoms with Crippen molar-refractivity contribution in [3.8, 4) is 0 Å². The highest BCUT2D eigenvalue weighted by atomic mass is 32.1. The van der Waals surface area contributed by atoms with E-state index in [1.807, 2.05) is 11.9 Å². The molecule has 5 heteroatoms. The first-order valence-corrected chi connectivity index (χ1v) is 5.81. The Hall–Kier alpha value is -1.20. The van der Waals surface area contributed by atoms with E-state index in [1.165, 1.54) is 6.07 Å². The molecule has 0 spiro atoms. The second kappa shape index (κ2) is 5.93. The van der Waals surface area contributed by atoms with E-state index in [0.717, 1.165) is 5.69 Å². The van der Waals surface area contributed by atoms with Gasteiger partial charge in [0.05, 0.1) is 6.10 Å². The number of benzene rings is 1. The lowest BCUT2D eigenvalue weighted by Crippen LogP contribution is -2.22. The summed E-state index contributed by atoms with van der Waals surface area (Å²) in [7, 11) is 1.84. The molecule has 0 saturated heterocycles. The fourth-order valence-electron chi connectivity index (χ4n) is 1.45. The van der Waals surface area contributed by atoms with Crippen LogP contribution in [-0.2, 0) is 0 Å². The predicted molar refractivity (Wildman–Crippen MR) is 71.9 cm³/mol. The van der Waals surface area contributed by atoms with Crippen LogP contribution in [-0.4, -0.2) is 29.8 Å². The molecule has 1 aromatic rings. The fraction of sp³-hybridized carbons (Fsp3) is 0.417. The third kappa shape index (κ3) is 3.94. The van der Waals surface area contributed by atoms with Crippen LogP contribution in [0.3, 0.4) is 0 Å². The maximum absolute atomic E-state index is 13.6. The molecule has 3 nitrogen and oxygen atoms in total. The minimum absolute atomic E-state index is 0.0562. The van der Waals surface area contributed by atoms with Crippen LogP contribution in [0.5, 0.6) is 0 Å². The minimum Gasteiger partial charge on any atom is -0.393 e. The Morgan fingerprint density at radius 1 is 1.59 bits per heavy atom. The first kappa shape index (κ1) is 13.9. The van der Waals surface area contributed by atoms with Crippen molar-refractivity contribution in [1.82, 2.24) is 0 Å². The monoisotopic (exact) mass is 256 g/mol. The summed E-state index contributed by atoms with van der Waals surface area (Å²) in [6, 6.07) is 4.74. The summed E-state index contributed by atoms with van der Waals surface area (Å²) in [5.41, 5.74) is 6.38. The normalized spacial score (nSPS) is 12.2. The van der Waals surface area contributed by atoms with E-state index in [2.05, 4.69) is 0 Å². The van der Waals surface area contributed by atoms with Gasteiger partial charge in [-0.2, -0.15) is 0 Å². The van der Waals surface area contributed by atoms with E-state index in [4.69, 9.17) is 18.0 Å². The molecular formula is C12H17FN2OS. The van der Waals surface area contributed by atoms with Crippen LogP contribution < -0.4 is 10.6 Å². The lowest BCUT2D eigenvalue weighted by Gasteiger charge is -2.20. The van der Waals surface area contributed by atoms with Gasteiger partial charge < -0.3 is 15.7 Å². The Labute approximate surface area is 106 Å². The molecule has 94 valence electrons. The zero-order valence-corrected chi connectivity index (χ0v) is 10.8. The zero-order valence-electron chi connectivity index (χ0n) is 9.98. The van der Waals surface area contributed by atoms with Crippen molar-refractivity contribution in [2.45, 2.75) is 19.4 Å². The molecule has 0 aromatic heterocycles. The average molecular weight is 256 g/mol. The summed E-state index contributed by atoms with van der Waals surface area (Å²) >= 11 is 4.74. The molecule has 0 fully saturated rings. The van der Waals surface area contributed by atoms with Crippen molar-refractivity contribution in [1.29, 1.82) is 0 Å². The summed E-state index contributed by atoms with van der Waals surface area (Å²) < 4.78 is 13.6. The number of thiocarbonyl (C=S) groups is 1. The van der Waals surface area contributed by atoms with Gasteiger partial charge in [0.15, 0.2) is 0 Å². The van der Waals surface area contributed by atoms with E-state index in [9.17, 15) is 9.50 Å². The molecule has 0 bridgehead atoms. The predicted octanol–water partition coefficient (Wildman–Crippen LogP) is 1.67. The Bertz CT molecular complexity index is 409. The highest BCUT2D eigenvalue weighted by Gasteiger charge is 2.09. The third-order valence-corrected chi connectivity index (χ3v) is 2.76. The van der Waals surface area contributed by atoms with Gasteiger partial charge in [-0.3, -0.25) is 0 Å². The number of rotatable bonds is 5. The third-order valence-electron chi connectivity index (χ3n) is 2.54. The van der Waals surface area contributed by atoms with Crippen LogP contribution >= 0.6 is 12.2 Å². The first-order valence-electron chi connectivity index (χ1n) is 5.40. The van der Waals surface area contributed by atoms with E-state index < -0.39 is 5.82 Å². The van der Waals surface area contributed by atoms with Gasteiger partial charge in [0, 0.05) is 24.8 Å². The summed E-state index contributed by atoms with van der Waals surface area (Å²) in [5.74, 6) is -0.418. The van der Waals surface area contributed by atoms with Crippen LogP contribution in [0.4, 0.5) is 10.1 Å². The van der Waals surface area contributed by atoms with Gasteiger partial charge in [-0.05, 0) is 31.5 Å². The largest absolute Gasteiger partial charge is 0.393 e. The van der Waals surface area contributed by atoms with Gasteiger partial charge in [0.1, 0.15) is 10.8 Å². The fourth-order valence-corrected chi connectivity index (χ4v) is 1.62. The molecule has 1 rings (SSSR count). The van der Waals surface area contributed by atoms with E-state index in [-0.39, 0.29) is 16.7 Å². The maximum atomic E-state index is 13.6. The van der Waals surface area contributed by atoms with Gasteiger partial charge in [-0.1, -0.05) is 12.2 Å². The lowest BCUT2D eigenvalue weighted by atomic mass is 10.1. The molecule has 1 unspecified atom stereocenters. The molecule has 0 heterocycles. The number of aliphatic hydroxyl groups excluding tert-OH is 1. The first-order chi connectivity index (χ1) is 7.91. The average Bonchev–Trinajstić information content (AvgIpc) is 2.25. The van der Waals surface area contributed by atoms with E-state index in [0.29, 0.717) is 13.0 Å². The molecule has 0 aliphatic carbocycles. The highest BCUT2D eigenvalue weighted by Crippen LogP contribution is 2.18. The molecular weight excluding hydrogens is 239 g/mol. The second-order valence-corrected chi connectivity index (χ2v) is 4.53. The van der Waals surface area contributed by atoms with Crippen molar-refractivity contribution in [2.75, 3.05) is 18.5 Å². The number of anilines is 1. The van der Waals surface area contributed by atoms with Gasteiger partial charge in [-0.15, -0.1) is 0 Å². The summed E-state index contributed by atoms with van der Waals surface area (Å²) in [4.78, 5) is 1.93. The number of aliphatic hydroxyl groups is 1. The molecule has 3 N–H and O–H groups in total. The summed E-state index contributed by atoms with van der Waals surface area (Å²) in [5, 5.41) is 9.19. The van der Waals surface area contributed by atoms with Crippen LogP contribution in [0.15, 0.2) is 18.2 Å². The Balaban J connectivity index is 2.79. The van der Waals surface area contributed by atoms with Gasteiger partial charge in [-0.25, -0.2) is 4.39 Å².